The molecule has 13 heavy (non-hydrogen) atoms. The highest BCUT2D eigenvalue weighted by Gasteiger charge is 2.18. The second-order valence-electron chi connectivity index (χ2n) is 4.23. The zero-order chi connectivity index (χ0) is 10.1. The summed E-state index contributed by atoms with van der Waals surface area (Å²) in [6.45, 7) is 8.24. The van der Waals surface area contributed by atoms with E-state index in [1.807, 2.05) is 13.0 Å². The molecule has 0 aromatic carbocycles. The second-order valence-corrected chi connectivity index (χ2v) is 4.23. The lowest BCUT2D eigenvalue weighted by Gasteiger charge is -2.20. The Morgan fingerprint density at radius 2 is 2.00 bits per heavy atom. The first-order valence-electron chi connectivity index (χ1n) is 4.32. The van der Waals surface area contributed by atoms with E-state index in [2.05, 4.69) is 31.8 Å². The van der Waals surface area contributed by atoms with Crippen LogP contribution in [0, 0.1) is 18.3 Å². The molecule has 1 aromatic heterocycles. The molecule has 68 valence electrons. The predicted octanol–water partition coefficient (Wildman–Crippen LogP) is 2.56. The fourth-order valence-electron chi connectivity index (χ4n) is 1.27. The maximum Gasteiger partial charge on any atom is 0.101 e. The molecule has 0 radical (unpaired) electrons. The zero-order valence-corrected chi connectivity index (χ0v) is 8.55. The topological polar surface area (TPSA) is 36.7 Å². The Balaban J connectivity index is 3.35. The Morgan fingerprint density at radius 1 is 1.38 bits per heavy atom. The highest BCUT2D eigenvalue weighted by atomic mass is 14.7. The van der Waals surface area contributed by atoms with Gasteiger partial charge in [-0.05, 0) is 24.0 Å². The molecule has 0 aliphatic carbocycles. The van der Waals surface area contributed by atoms with Gasteiger partial charge in [-0.25, -0.2) is 0 Å². The molecule has 0 atom stereocenters. The van der Waals surface area contributed by atoms with Gasteiger partial charge in [0.25, 0.3) is 0 Å². The van der Waals surface area contributed by atoms with Crippen molar-refractivity contribution in [3.63, 3.8) is 0 Å². The monoisotopic (exact) mass is 174 g/mol. The molecular weight excluding hydrogens is 160 g/mol. The van der Waals surface area contributed by atoms with Crippen LogP contribution in [0.1, 0.15) is 37.6 Å². The van der Waals surface area contributed by atoms with Gasteiger partial charge in [-0.15, -0.1) is 0 Å². The number of rotatable bonds is 0. The van der Waals surface area contributed by atoms with Crippen molar-refractivity contribution in [2.75, 3.05) is 0 Å². The smallest absolute Gasteiger partial charge is 0.101 e. The Labute approximate surface area is 79.2 Å². The second kappa shape index (κ2) is 3.18. The van der Waals surface area contributed by atoms with Crippen molar-refractivity contribution in [3.8, 4) is 6.07 Å². The van der Waals surface area contributed by atoms with Gasteiger partial charge in [-0.3, -0.25) is 4.98 Å². The Hall–Kier alpha value is -1.36. The summed E-state index contributed by atoms with van der Waals surface area (Å²) in [4.78, 5) is 4.10. The summed E-state index contributed by atoms with van der Waals surface area (Å²) in [6, 6.07) is 4.15. The van der Waals surface area contributed by atoms with Gasteiger partial charge in [0.1, 0.15) is 6.07 Å². The minimum atomic E-state index is 0.0127. The van der Waals surface area contributed by atoms with E-state index in [9.17, 15) is 0 Å². The van der Waals surface area contributed by atoms with Crippen molar-refractivity contribution in [2.45, 2.75) is 33.1 Å². The number of nitriles is 1. The van der Waals surface area contributed by atoms with Crippen LogP contribution in [-0.2, 0) is 5.41 Å². The molecular formula is C11H14N2. The third-order valence-electron chi connectivity index (χ3n) is 1.97. The molecule has 0 unspecified atom stereocenters. The van der Waals surface area contributed by atoms with Crippen LogP contribution in [-0.4, -0.2) is 4.98 Å². The van der Waals surface area contributed by atoms with Crippen molar-refractivity contribution in [1.29, 1.82) is 5.26 Å². The van der Waals surface area contributed by atoms with Crippen LogP contribution < -0.4 is 0 Å². The molecule has 1 heterocycles. The van der Waals surface area contributed by atoms with Crippen LogP contribution in [0.4, 0.5) is 0 Å². The van der Waals surface area contributed by atoms with Crippen LogP contribution in [0.25, 0.3) is 0 Å². The highest BCUT2D eigenvalue weighted by molar-refractivity contribution is 5.40. The van der Waals surface area contributed by atoms with Gasteiger partial charge in [-0.1, -0.05) is 20.8 Å². The van der Waals surface area contributed by atoms with Crippen molar-refractivity contribution in [2.24, 2.45) is 0 Å². The molecule has 0 fully saturated rings. The average molecular weight is 174 g/mol. The van der Waals surface area contributed by atoms with E-state index in [1.54, 1.807) is 6.20 Å². The van der Waals surface area contributed by atoms with E-state index in [0.29, 0.717) is 5.56 Å². The molecule has 0 saturated carbocycles. The molecule has 1 aromatic rings. The first kappa shape index (κ1) is 9.73. The minimum absolute atomic E-state index is 0.0127. The summed E-state index contributed by atoms with van der Waals surface area (Å²) in [7, 11) is 0. The van der Waals surface area contributed by atoms with Gasteiger partial charge in [0.2, 0.25) is 0 Å². The van der Waals surface area contributed by atoms with Crippen molar-refractivity contribution >= 4 is 0 Å². The first-order chi connectivity index (χ1) is 5.95. The van der Waals surface area contributed by atoms with E-state index in [4.69, 9.17) is 5.26 Å². The lowest BCUT2D eigenvalue weighted by Crippen LogP contribution is -2.14. The van der Waals surface area contributed by atoms with E-state index in [1.165, 1.54) is 0 Å². The summed E-state index contributed by atoms with van der Waals surface area (Å²) in [6.07, 6.45) is 1.65. The van der Waals surface area contributed by atoms with Crippen molar-refractivity contribution < 1.29 is 0 Å². The Bertz CT molecular complexity index is 353. The predicted molar refractivity (Wildman–Crippen MR) is 52.4 cm³/mol. The fraction of sp³-hybridized carbons (Fsp3) is 0.455. The standard InChI is InChI=1S/C11H14N2/c1-8-5-10(11(2,3)4)9(6-12)7-13-8/h5,7H,1-4H3. The molecule has 0 spiro atoms. The molecule has 2 heteroatoms. The third kappa shape index (κ3) is 2.06. The molecule has 0 saturated heterocycles. The summed E-state index contributed by atoms with van der Waals surface area (Å²) >= 11 is 0. The summed E-state index contributed by atoms with van der Waals surface area (Å²) in [5, 5.41) is 8.88. The number of hydrogen-bond donors (Lipinski definition) is 0. The van der Waals surface area contributed by atoms with Crippen LogP contribution in [0.2, 0.25) is 0 Å². The third-order valence-corrected chi connectivity index (χ3v) is 1.97. The first-order valence-corrected chi connectivity index (χ1v) is 4.32. The van der Waals surface area contributed by atoms with Crippen molar-refractivity contribution in [3.05, 3.63) is 29.1 Å². The number of aryl methyl sites for hydroxylation is 1. The van der Waals surface area contributed by atoms with Crippen LogP contribution in [0.15, 0.2) is 12.3 Å². The molecule has 0 N–H and O–H groups in total. The van der Waals surface area contributed by atoms with E-state index >= 15 is 0 Å². The number of aromatic nitrogens is 1. The maximum atomic E-state index is 8.88. The number of hydrogen-bond acceptors (Lipinski definition) is 2. The van der Waals surface area contributed by atoms with Gasteiger partial charge in [0.15, 0.2) is 0 Å². The van der Waals surface area contributed by atoms with Crippen LogP contribution in [0.5, 0.6) is 0 Å². The van der Waals surface area contributed by atoms with Gasteiger partial charge in [0.05, 0.1) is 5.56 Å². The van der Waals surface area contributed by atoms with Crippen LogP contribution in [0.3, 0.4) is 0 Å². The lowest BCUT2D eigenvalue weighted by molar-refractivity contribution is 0.586. The molecule has 0 aliphatic heterocycles. The molecule has 0 amide bonds. The average Bonchev–Trinajstić information content (AvgIpc) is 2.03. The number of pyridine rings is 1. The van der Waals surface area contributed by atoms with Gasteiger partial charge in [-0.2, -0.15) is 5.26 Å². The normalized spacial score (nSPS) is 11.0. The zero-order valence-electron chi connectivity index (χ0n) is 8.55. The fourth-order valence-corrected chi connectivity index (χ4v) is 1.27. The lowest BCUT2D eigenvalue weighted by atomic mass is 9.84. The largest absolute Gasteiger partial charge is 0.260 e. The van der Waals surface area contributed by atoms with Gasteiger partial charge < -0.3 is 0 Å². The number of nitrogens with zero attached hydrogens (tertiary/aromatic N) is 2. The molecule has 0 bridgehead atoms. The SMILES string of the molecule is Cc1cc(C(C)(C)C)c(C#N)cn1. The summed E-state index contributed by atoms with van der Waals surface area (Å²) < 4.78 is 0. The molecule has 2 nitrogen and oxygen atoms in total. The van der Waals surface area contributed by atoms with E-state index in [0.717, 1.165) is 11.3 Å². The molecule has 0 aliphatic rings. The highest BCUT2D eigenvalue weighted by Crippen LogP contribution is 2.25. The minimum Gasteiger partial charge on any atom is -0.260 e. The van der Waals surface area contributed by atoms with Gasteiger partial charge in [0, 0.05) is 11.9 Å². The van der Waals surface area contributed by atoms with E-state index in [-0.39, 0.29) is 5.41 Å². The maximum absolute atomic E-state index is 8.88. The summed E-state index contributed by atoms with van der Waals surface area (Å²) in [5.74, 6) is 0. The van der Waals surface area contributed by atoms with E-state index < -0.39 is 0 Å². The van der Waals surface area contributed by atoms with Crippen molar-refractivity contribution in [1.82, 2.24) is 4.98 Å². The molecule has 1 rings (SSSR count). The Kier molecular flexibility index (Phi) is 2.38. The Morgan fingerprint density at radius 3 is 2.46 bits per heavy atom. The van der Waals surface area contributed by atoms with Crippen LogP contribution >= 0.6 is 0 Å². The quantitative estimate of drug-likeness (QED) is 0.606. The summed E-state index contributed by atoms with van der Waals surface area (Å²) in [5.41, 5.74) is 2.73. The van der Waals surface area contributed by atoms with Gasteiger partial charge >= 0.3 is 0 Å².